The minimum Gasteiger partial charge on any atom is -0.456 e. The van der Waals surface area contributed by atoms with Crippen LogP contribution in [0.5, 0.6) is 0 Å². The van der Waals surface area contributed by atoms with Gasteiger partial charge in [0.05, 0.1) is 11.1 Å². The van der Waals surface area contributed by atoms with E-state index in [9.17, 15) is 0 Å². The summed E-state index contributed by atoms with van der Waals surface area (Å²) in [5, 5.41) is 2.38. The molecule has 0 spiro atoms. The highest BCUT2D eigenvalue weighted by atomic mass is 16.3. The van der Waals surface area contributed by atoms with Crippen LogP contribution < -0.4 is 4.90 Å². The molecule has 2 heteroatoms. The fourth-order valence-electron chi connectivity index (χ4n) is 13.2. The van der Waals surface area contributed by atoms with Gasteiger partial charge in [-0.05, 0) is 143 Å². The van der Waals surface area contributed by atoms with Crippen LogP contribution in [-0.4, -0.2) is 0 Å². The highest BCUT2D eigenvalue weighted by Gasteiger charge is 2.46. The summed E-state index contributed by atoms with van der Waals surface area (Å²) in [7, 11) is 0. The average molecular weight is 920 g/mol. The van der Waals surface area contributed by atoms with Crippen LogP contribution in [0.15, 0.2) is 192 Å². The first-order valence-electron chi connectivity index (χ1n) is 25.6. The summed E-state index contributed by atoms with van der Waals surface area (Å²) in [6, 6.07) is 71.5. The molecule has 0 amide bonds. The van der Waals surface area contributed by atoms with E-state index < -0.39 is 5.41 Å². The third kappa shape index (κ3) is 6.07. The summed E-state index contributed by atoms with van der Waals surface area (Å²) < 4.78 is 7.03. The number of anilines is 3. The van der Waals surface area contributed by atoms with Crippen LogP contribution in [0.3, 0.4) is 0 Å². The molecule has 0 saturated carbocycles. The summed E-state index contributed by atoms with van der Waals surface area (Å²) in [5.41, 5.74) is 25.2. The molecule has 13 rings (SSSR count). The Morgan fingerprint density at radius 3 is 1.59 bits per heavy atom. The fourth-order valence-corrected chi connectivity index (χ4v) is 13.2. The summed E-state index contributed by atoms with van der Waals surface area (Å²) in [6.45, 7) is 23.4. The van der Waals surface area contributed by atoms with Gasteiger partial charge >= 0.3 is 0 Å². The number of benzene rings is 9. The summed E-state index contributed by atoms with van der Waals surface area (Å²) in [5.74, 6) is 0. The molecule has 71 heavy (non-hydrogen) atoms. The maximum atomic E-state index is 7.03. The maximum absolute atomic E-state index is 7.03. The Morgan fingerprint density at radius 2 is 0.944 bits per heavy atom. The molecule has 348 valence electrons. The Kier molecular flexibility index (Phi) is 9.09. The van der Waals surface area contributed by atoms with Crippen molar-refractivity contribution in [1.29, 1.82) is 0 Å². The smallest absolute Gasteiger partial charge is 0.139 e. The van der Waals surface area contributed by atoms with Gasteiger partial charge in [0.15, 0.2) is 0 Å². The van der Waals surface area contributed by atoms with E-state index in [1.807, 2.05) is 0 Å². The SMILES string of the molecule is CC(C)(C)c1cc(C(C)(C)C)c2oc3cc4c(cc3c2c1)-c1cccc(N(c2ccc(C3(c5ccccc5)c5ccccc5-c5ccccc53)cc2)c2ccc3c(c2)C(C)(C)c2ccccc2-3)c1C4(C)C. The third-order valence-electron chi connectivity index (χ3n) is 16.8. The largest absolute Gasteiger partial charge is 0.456 e. The lowest BCUT2D eigenvalue weighted by atomic mass is 9.67. The highest BCUT2D eigenvalue weighted by molar-refractivity contribution is 6.09. The number of hydrogen-bond donors (Lipinski definition) is 0. The van der Waals surface area contributed by atoms with Gasteiger partial charge in [-0.25, -0.2) is 0 Å². The molecule has 0 radical (unpaired) electrons. The second kappa shape index (κ2) is 14.8. The van der Waals surface area contributed by atoms with Crippen molar-refractivity contribution < 1.29 is 4.42 Å². The van der Waals surface area contributed by atoms with Crippen LogP contribution in [0.1, 0.15) is 125 Å². The van der Waals surface area contributed by atoms with Gasteiger partial charge in [0.25, 0.3) is 0 Å². The maximum Gasteiger partial charge on any atom is 0.139 e. The minimum absolute atomic E-state index is 0.0105. The van der Waals surface area contributed by atoms with E-state index in [-0.39, 0.29) is 21.7 Å². The first-order chi connectivity index (χ1) is 34.0. The molecular formula is C69H61NO. The predicted octanol–water partition coefficient (Wildman–Crippen LogP) is 18.6. The van der Waals surface area contributed by atoms with Crippen molar-refractivity contribution in [3.05, 3.63) is 244 Å². The molecular weight excluding hydrogens is 859 g/mol. The Balaban J connectivity index is 1.03. The average Bonchev–Trinajstić information content (AvgIpc) is 4.02. The van der Waals surface area contributed by atoms with Gasteiger partial charge in [-0.1, -0.05) is 209 Å². The van der Waals surface area contributed by atoms with Crippen molar-refractivity contribution in [1.82, 2.24) is 0 Å². The molecule has 0 fully saturated rings. The van der Waals surface area contributed by atoms with Crippen molar-refractivity contribution >= 4 is 39.0 Å². The van der Waals surface area contributed by atoms with E-state index >= 15 is 0 Å². The van der Waals surface area contributed by atoms with Gasteiger partial charge < -0.3 is 9.32 Å². The molecule has 0 bridgehead atoms. The van der Waals surface area contributed by atoms with Crippen LogP contribution in [-0.2, 0) is 27.1 Å². The number of rotatable bonds is 5. The van der Waals surface area contributed by atoms with Gasteiger partial charge in [0.1, 0.15) is 11.2 Å². The molecule has 1 aromatic heterocycles. The fraction of sp³-hybridized carbons (Fsp3) is 0.217. The zero-order valence-corrected chi connectivity index (χ0v) is 42.8. The molecule has 2 nitrogen and oxygen atoms in total. The second-order valence-corrected chi connectivity index (χ2v) is 23.7. The van der Waals surface area contributed by atoms with Crippen molar-refractivity contribution in [2.24, 2.45) is 0 Å². The van der Waals surface area contributed by atoms with Gasteiger partial charge in [-0.2, -0.15) is 0 Å². The van der Waals surface area contributed by atoms with E-state index in [4.69, 9.17) is 4.42 Å². The lowest BCUT2D eigenvalue weighted by Gasteiger charge is -2.35. The first-order valence-corrected chi connectivity index (χ1v) is 25.6. The number of fused-ring (bicyclic) bond motifs is 12. The van der Waals surface area contributed by atoms with Gasteiger partial charge in [-0.3, -0.25) is 0 Å². The van der Waals surface area contributed by atoms with Crippen molar-refractivity contribution in [3.63, 3.8) is 0 Å². The Morgan fingerprint density at radius 1 is 0.394 bits per heavy atom. The van der Waals surface area contributed by atoms with Crippen LogP contribution in [0, 0.1) is 0 Å². The van der Waals surface area contributed by atoms with Gasteiger partial charge in [0, 0.05) is 38.5 Å². The Labute approximate surface area is 419 Å². The monoisotopic (exact) mass is 919 g/mol. The van der Waals surface area contributed by atoms with Crippen LogP contribution in [0.25, 0.3) is 55.3 Å². The molecule has 0 unspecified atom stereocenters. The van der Waals surface area contributed by atoms with E-state index in [0.29, 0.717) is 0 Å². The normalized spacial score (nSPS) is 15.5. The molecule has 0 saturated heterocycles. The topological polar surface area (TPSA) is 16.4 Å². The predicted molar refractivity (Wildman–Crippen MR) is 298 cm³/mol. The van der Waals surface area contributed by atoms with E-state index in [1.54, 1.807) is 0 Å². The van der Waals surface area contributed by atoms with Crippen LogP contribution >= 0.6 is 0 Å². The second-order valence-electron chi connectivity index (χ2n) is 23.7. The first kappa shape index (κ1) is 43.6. The minimum atomic E-state index is -0.485. The van der Waals surface area contributed by atoms with Crippen LogP contribution in [0.2, 0.25) is 0 Å². The summed E-state index contributed by atoms with van der Waals surface area (Å²) in [6.07, 6.45) is 0. The quantitative estimate of drug-likeness (QED) is 0.171. The molecule has 0 N–H and O–H groups in total. The van der Waals surface area contributed by atoms with Gasteiger partial charge in [-0.15, -0.1) is 0 Å². The Hall–Kier alpha value is -7.42. The molecule has 3 aliphatic carbocycles. The molecule has 9 aromatic carbocycles. The van der Waals surface area contributed by atoms with Crippen LogP contribution in [0.4, 0.5) is 17.1 Å². The molecule has 0 aliphatic heterocycles. The molecule has 10 aromatic rings. The van der Waals surface area contributed by atoms with Crippen molar-refractivity contribution in [2.45, 2.75) is 96.3 Å². The van der Waals surface area contributed by atoms with Crippen molar-refractivity contribution in [3.8, 4) is 33.4 Å². The Bertz CT molecular complexity index is 3780. The van der Waals surface area contributed by atoms with E-state index in [2.05, 4.69) is 262 Å². The highest BCUT2D eigenvalue weighted by Crippen LogP contribution is 2.59. The van der Waals surface area contributed by atoms with Crippen molar-refractivity contribution in [2.75, 3.05) is 4.90 Å². The van der Waals surface area contributed by atoms with E-state index in [1.165, 1.54) is 105 Å². The molecule has 0 atom stereocenters. The van der Waals surface area contributed by atoms with Gasteiger partial charge in [0.2, 0.25) is 0 Å². The standard InChI is InChI=1S/C69H61NO/c1-65(2,3)44-37-54-53-40-52-51-26-20-30-61(63(51)68(9,10)59(52)41-62(53)71-64(54)60(38-44)66(4,5)6)70(46-35-36-50-47-23-14-17-27-55(47)67(7,8)58(50)39-46)45-33-31-43(32-34-45)69(42-21-12-11-13-22-42)56-28-18-15-24-48(56)49-25-16-19-29-57(49)69/h11-41H,1-10H3. The third-order valence-corrected chi connectivity index (χ3v) is 16.8. The zero-order chi connectivity index (χ0) is 49.0. The zero-order valence-electron chi connectivity index (χ0n) is 42.8. The van der Waals surface area contributed by atoms with E-state index in [0.717, 1.165) is 22.5 Å². The molecule has 3 aliphatic rings. The lowest BCUT2D eigenvalue weighted by molar-refractivity contribution is 0.559. The summed E-state index contributed by atoms with van der Waals surface area (Å²) >= 11 is 0. The number of furan rings is 1. The number of nitrogens with zero attached hydrogens (tertiary/aromatic N) is 1. The number of hydrogen-bond acceptors (Lipinski definition) is 2. The lowest BCUT2D eigenvalue weighted by Crippen LogP contribution is -2.28. The summed E-state index contributed by atoms with van der Waals surface area (Å²) in [4.78, 5) is 2.55. The molecule has 1 heterocycles.